The molecule has 0 aliphatic heterocycles. The summed E-state index contributed by atoms with van der Waals surface area (Å²) < 4.78 is 0. The molecule has 116 valence electrons. The number of amides is 1. The molecule has 1 aromatic carbocycles. The molecule has 1 aliphatic carbocycles. The SMILES string of the molecule is Cc1ccc(-c2cc(C(=O)NC3CCCC3)c(C)[nH]2)cc1C. The Labute approximate surface area is 132 Å². The highest BCUT2D eigenvalue weighted by atomic mass is 16.1. The number of carbonyl (C=O) groups excluding carboxylic acids is 1. The lowest BCUT2D eigenvalue weighted by Crippen LogP contribution is -2.32. The van der Waals surface area contributed by atoms with Crippen LogP contribution in [0.3, 0.4) is 0 Å². The van der Waals surface area contributed by atoms with Crippen LogP contribution < -0.4 is 5.32 Å². The Bertz CT molecular complexity index is 693. The van der Waals surface area contributed by atoms with Crippen molar-refractivity contribution in [3.05, 3.63) is 46.6 Å². The van der Waals surface area contributed by atoms with Crippen molar-refractivity contribution in [1.82, 2.24) is 10.3 Å². The maximum Gasteiger partial charge on any atom is 0.253 e. The highest BCUT2D eigenvalue weighted by Crippen LogP contribution is 2.25. The number of aryl methyl sites for hydroxylation is 3. The number of hydrogen-bond donors (Lipinski definition) is 2. The van der Waals surface area contributed by atoms with Crippen LogP contribution in [0.5, 0.6) is 0 Å². The van der Waals surface area contributed by atoms with E-state index in [1.54, 1.807) is 0 Å². The number of aromatic amines is 1. The first-order valence-electron chi connectivity index (χ1n) is 8.12. The van der Waals surface area contributed by atoms with Crippen LogP contribution in [0.25, 0.3) is 11.3 Å². The van der Waals surface area contributed by atoms with Gasteiger partial charge in [-0.25, -0.2) is 0 Å². The van der Waals surface area contributed by atoms with Crippen molar-refractivity contribution >= 4 is 5.91 Å². The third-order valence-electron chi connectivity index (χ3n) is 4.77. The summed E-state index contributed by atoms with van der Waals surface area (Å²) in [6.07, 6.45) is 4.67. The van der Waals surface area contributed by atoms with Gasteiger partial charge in [0.15, 0.2) is 0 Å². The van der Waals surface area contributed by atoms with E-state index in [9.17, 15) is 4.79 Å². The van der Waals surface area contributed by atoms with E-state index in [0.29, 0.717) is 6.04 Å². The molecular weight excluding hydrogens is 272 g/mol. The molecule has 1 aromatic heterocycles. The highest BCUT2D eigenvalue weighted by Gasteiger charge is 2.20. The molecule has 22 heavy (non-hydrogen) atoms. The summed E-state index contributed by atoms with van der Waals surface area (Å²) in [5, 5.41) is 3.16. The first-order valence-corrected chi connectivity index (χ1v) is 8.12. The van der Waals surface area contributed by atoms with Crippen molar-refractivity contribution in [2.75, 3.05) is 0 Å². The number of benzene rings is 1. The van der Waals surface area contributed by atoms with Crippen molar-refractivity contribution in [3.8, 4) is 11.3 Å². The Morgan fingerprint density at radius 2 is 1.82 bits per heavy atom. The fourth-order valence-electron chi connectivity index (χ4n) is 3.19. The number of rotatable bonds is 3. The van der Waals surface area contributed by atoms with E-state index >= 15 is 0 Å². The Kier molecular flexibility index (Phi) is 4.06. The minimum Gasteiger partial charge on any atom is -0.358 e. The van der Waals surface area contributed by atoms with Gasteiger partial charge in [0, 0.05) is 17.4 Å². The lowest BCUT2D eigenvalue weighted by atomic mass is 10.0. The van der Waals surface area contributed by atoms with Crippen molar-refractivity contribution in [3.63, 3.8) is 0 Å². The third kappa shape index (κ3) is 2.94. The fraction of sp³-hybridized carbons (Fsp3) is 0.421. The second kappa shape index (κ2) is 5.99. The van der Waals surface area contributed by atoms with Gasteiger partial charge in [0.1, 0.15) is 0 Å². The van der Waals surface area contributed by atoms with Crippen molar-refractivity contribution < 1.29 is 4.79 Å². The van der Waals surface area contributed by atoms with Gasteiger partial charge in [-0.1, -0.05) is 25.0 Å². The molecule has 1 amide bonds. The van der Waals surface area contributed by atoms with E-state index in [2.05, 4.69) is 42.3 Å². The van der Waals surface area contributed by atoms with E-state index in [-0.39, 0.29) is 5.91 Å². The highest BCUT2D eigenvalue weighted by molar-refractivity contribution is 5.97. The van der Waals surface area contributed by atoms with E-state index < -0.39 is 0 Å². The number of carbonyl (C=O) groups is 1. The number of H-pyrrole nitrogens is 1. The zero-order valence-electron chi connectivity index (χ0n) is 13.6. The van der Waals surface area contributed by atoms with E-state index in [1.165, 1.54) is 24.0 Å². The average molecular weight is 296 g/mol. The van der Waals surface area contributed by atoms with E-state index in [4.69, 9.17) is 0 Å². The van der Waals surface area contributed by atoms with Crippen LogP contribution in [0.2, 0.25) is 0 Å². The van der Waals surface area contributed by atoms with Crippen LogP contribution in [-0.4, -0.2) is 16.9 Å². The van der Waals surface area contributed by atoms with Crippen LogP contribution in [0.4, 0.5) is 0 Å². The van der Waals surface area contributed by atoms with Crippen LogP contribution in [0.15, 0.2) is 24.3 Å². The first kappa shape index (κ1) is 14.9. The van der Waals surface area contributed by atoms with Crippen LogP contribution in [-0.2, 0) is 0 Å². The van der Waals surface area contributed by atoms with Crippen molar-refractivity contribution in [1.29, 1.82) is 0 Å². The zero-order valence-corrected chi connectivity index (χ0v) is 13.6. The predicted molar refractivity (Wildman–Crippen MR) is 90.2 cm³/mol. The van der Waals surface area contributed by atoms with Crippen molar-refractivity contribution in [2.45, 2.75) is 52.5 Å². The Hall–Kier alpha value is -2.03. The molecule has 3 nitrogen and oxygen atoms in total. The Balaban J connectivity index is 1.83. The normalized spacial score (nSPS) is 15.2. The molecule has 2 aromatic rings. The molecular formula is C19H24N2O. The number of hydrogen-bond acceptors (Lipinski definition) is 1. The first-order chi connectivity index (χ1) is 10.5. The van der Waals surface area contributed by atoms with Gasteiger partial charge in [-0.05, 0) is 62.4 Å². The summed E-state index contributed by atoms with van der Waals surface area (Å²) in [5.41, 5.74) is 6.39. The largest absolute Gasteiger partial charge is 0.358 e. The molecule has 1 saturated carbocycles. The van der Waals surface area contributed by atoms with Gasteiger partial charge in [-0.15, -0.1) is 0 Å². The van der Waals surface area contributed by atoms with Gasteiger partial charge in [-0.3, -0.25) is 4.79 Å². The lowest BCUT2D eigenvalue weighted by Gasteiger charge is -2.11. The molecule has 3 heteroatoms. The molecule has 1 fully saturated rings. The smallest absolute Gasteiger partial charge is 0.253 e. The van der Waals surface area contributed by atoms with Gasteiger partial charge < -0.3 is 10.3 Å². The minimum absolute atomic E-state index is 0.0516. The summed E-state index contributed by atoms with van der Waals surface area (Å²) in [4.78, 5) is 15.8. The monoisotopic (exact) mass is 296 g/mol. The van der Waals surface area contributed by atoms with Gasteiger partial charge >= 0.3 is 0 Å². The third-order valence-corrected chi connectivity index (χ3v) is 4.77. The summed E-state index contributed by atoms with van der Waals surface area (Å²) in [7, 11) is 0. The topological polar surface area (TPSA) is 44.9 Å². The average Bonchev–Trinajstić information content (AvgIpc) is 3.11. The number of nitrogens with one attached hydrogen (secondary N) is 2. The number of aromatic nitrogens is 1. The van der Waals surface area contributed by atoms with Crippen LogP contribution in [0.1, 0.15) is 52.9 Å². The molecule has 1 aliphatic rings. The molecule has 0 atom stereocenters. The minimum atomic E-state index is 0.0516. The van der Waals surface area contributed by atoms with Gasteiger partial charge in [0.2, 0.25) is 0 Å². The summed E-state index contributed by atoms with van der Waals surface area (Å²) >= 11 is 0. The molecule has 0 saturated heterocycles. The maximum atomic E-state index is 12.5. The molecule has 2 N–H and O–H groups in total. The van der Waals surface area contributed by atoms with Crippen LogP contribution in [0, 0.1) is 20.8 Å². The second-order valence-corrected chi connectivity index (χ2v) is 6.48. The van der Waals surface area contributed by atoms with E-state index in [0.717, 1.165) is 35.4 Å². The summed E-state index contributed by atoms with van der Waals surface area (Å²) in [6.45, 7) is 6.19. The van der Waals surface area contributed by atoms with Crippen molar-refractivity contribution in [2.24, 2.45) is 0 Å². The lowest BCUT2D eigenvalue weighted by molar-refractivity contribution is 0.0937. The Morgan fingerprint density at radius 1 is 1.09 bits per heavy atom. The van der Waals surface area contributed by atoms with Gasteiger partial charge in [0.25, 0.3) is 5.91 Å². The Morgan fingerprint density at radius 3 is 2.50 bits per heavy atom. The maximum absolute atomic E-state index is 12.5. The molecule has 0 unspecified atom stereocenters. The fourth-order valence-corrected chi connectivity index (χ4v) is 3.19. The van der Waals surface area contributed by atoms with Crippen LogP contribution >= 0.6 is 0 Å². The molecule has 0 spiro atoms. The zero-order chi connectivity index (χ0) is 15.7. The van der Waals surface area contributed by atoms with E-state index in [1.807, 2.05) is 13.0 Å². The van der Waals surface area contributed by atoms with Gasteiger partial charge in [-0.2, -0.15) is 0 Å². The summed E-state index contributed by atoms with van der Waals surface area (Å²) in [5.74, 6) is 0.0516. The standard InChI is InChI=1S/C19H24N2O/c1-12-8-9-15(10-13(12)2)18-11-17(14(3)20-18)19(22)21-16-6-4-5-7-16/h8-11,16,20H,4-7H2,1-3H3,(H,21,22). The molecule has 0 bridgehead atoms. The molecule has 0 radical (unpaired) electrons. The summed E-state index contributed by atoms with van der Waals surface area (Å²) in [6, 6.07) is 8.72. The molecule has 1 heterocycles. The molecule has 3 rings (SSSR count). The van der Waals surface area contributed by atoms with Gasteiger partial charge in [0.05, 0.1) is 5.56 Å². The quantitative estimate of drug-likeness (QED) is 0.872. The second-order valence-electron chi connectivity index (χ2n) is 6.48. The predicted octanol–water partition coefficient (Wildman–Crippen LogP) is 4.28.